The van der Waals surface area contributed by atoms with Crippen molar-refractivity contribution in [3.8, 4) is 11.3 Å². The van der Waals surface area contributed by atoms with Crippen LogP contribution in [0.3, 0.4) is 0 Å². The Morgan fingerprint density at radius 2 is 1.66 bits per heavy atom. The molecule has 0 saturated heterocycles. The van der Waals surface area contributed by atoms with Crippen LogP contribution in [0.25, 0.3) is 22.2 Å². The summed E-state index contributed by atoms with van der Waals surface area (Å²) in [6.45, 7) is 0. The maximum absolute atomic E-state index is 13.6. The number of nitrogens with one attached hydrogen (secondary N) is 1. The number of benzene rings is 2. The SMILES string of the molecule is OB(O)c1ccsc1C(CC(F)(F)F)c1c(-c2ccccc2)[nH]c2ccccc12. The number of hydrogen-bond donors (Lipinski definition) is 3. The van der Waals surface area contributed by atoms with Crippen LogP contribution in [0.4, 0.5) is 13.2 Å². The van der Waals surface area contributed by atoms with Gasteiger partial charge in [-0.3, -0.25) is 0 Å². The van der Waals surface area contributed by atoms with Gasteiger partial charge in [0, 0.05) is 21.7 Å². The van der Waals surface area contributed by atoms with Crippen molar-refractivity contribution in [3.63, 3.8) is 0 Å². The molecule has 0 bridgehead atoms. The summed E-state index contributed by atoms with van der Waals surface area (Å²) in [5.41, 5.74) is 2.72. The highest BCUT2D eigenvalue weighted by atomic mass is 32.1. The Morgan fingerprint density at radius 3 is 2.34 bits per heavy atom. The highest BCUT2D eigenvalue weighted by molar-refractivity contribution is 7.11. The van der Waals surface area contributed by atoms with Gasteiger partial charge in [0.25, 0.3) is 0 Å². The fourth-order valence-electron chi connectivity index (χ4n) is 3.74. The van der Waals surface area contributed by atoms with E-state index in [9.17, 15) is 23.2 Å². The first-order valence-corrected chi connectivity index (χ1v) is 9.89. The Bertz CT molecular complexity index is 1120. The highest BCUT2D eigenvalue weighted by Crippen LogP contribution is 2.44. The number of aromatic amines is 1. The van der Waals surface area contributed by atoms with Crippen LogP contribution in [0.15, 0.2) is 66.0 Å². The second kappa shape index (κ2) is 7.70. The summed E-state index contributed by atoms with van der Waals surface area (Å²) in [6.07, 6.45) is -5.53. The van der Waals surface area contributed by atoms with Crippen molar-refractivity contribution < 1.29 is 23.2 Å². The van der Waals surface area contributed by atoms with Crippen LogP contribution in [-0.4, -0.2) is 28.3 Å². The van der Waals surface area contributed by atoms with Gasteiger partial charge >= 0.3 is 13.3 Å². The maximum Gasteiger partial charge on any atom is 0.489 e. The highest BCUT2D eigenvalue weighted by Gasteiger charge is 2.38. The molecule has 0 aliphatic rings. The molecule has 0 fully saturated rings. The van der Waals surface area contributed by atoms with Crippen LogP contribution in [0.2, 0.25) is 0 Å². The third kappa shape index (κ3) is 3.96. The Kier molecular flexibility index (Phi) is 5.25. The molecule has 2 aromatic heterocycles. The lowest BCUT2D eigenvalue weighted by Crippen LogP contribution is -2.33. The van der Waals surface area contributed by atoms with Crippen LogP contribution in [-0.2, 0) is 0 Å². The molecular formula is C21H17BF3NO2S. The van der Waals surface area contributed by atoms with Gasteiger partial charge in [0.15, 0.2) is 0 Å². The van der Waals surface area contributed by atoms with Gasteiger partial charge in [0.1, 0.15) is 0 Å². The third-order valence-corrected chi connectivity index (χ3v) is 5.96. The van der Waals surface area contributed by atoms with Gasteiger partial charge in [0.2, 0.25) is 0 Å². The largest absolute Gasteiger partial charge is 0.489 e. The molecule has 3 N–H and O–H groups in total. The van der Waals surface area contributed by atoms with Gasteiger partial charge in [-0.1, -0.05) is 54.6 Å². The second-order valence-electron chi connectivity index (χ2n) is 6.81. The maximum atomic E-state index is 13.6. The summed E-state index contributed by atoms with van der Waals surface area (Å²) in [5, 5.41) is 21.7. The van der Waals surface area contributed by atoms with Crippen molar-refractivity contribution in [3.05, 3.63) is 76.5 Å². The number of rotatable bonds is 5. The summed E-state index contributed by atoms with van der Waals surface area (Å²) < 4.78 is 40.9. The Morgan fingerprint density at radius 1 is 0.966 bits per heavy atom. The molecule has 1 atom stereocenters. The van der Waals surface area contributed by atoms with Gasteiger partial charge in [-0.05, 0) is 28.0 Å². The minimum atomic E-state index is -4.43. The molecule has 0 aliphatic carbocycles. The lowest BCUT2D eigenvalue weighted by atomic mass is 9.76. The number of alkyl halides is 3. The Labute approximate surface area is 169 Å². The molecular weight excluding hydrogens is 398 g/mol. The molecule has 0 radical (unpaired) electrons. The predicted octanol–water partition coefficient (Wildman–Crippen LogP) is 4.66. The van der Waals surface area contributed by atoms with E-state index in [4.69, 9.17) is 0 Å². The van der Waals surface area contributed by atoms with Crippen LogP contribution in [0.5, 0.6) is 0 Å². The normalized spacial score (nSPS) is 13.0. The molecule has 2 aromatic carbocycles. The van der Waals surface area contributed by atoms with Crippen molar-refractivity contribution in [2.75, 3.05) is 0 Å². The molecule has 0 aliphatic heterocycles. The first-order valence-electron chi connectivity index (χ1n) is 9.01. The van der Waals surface area contributed by atoms with E-state index in [1.807, 2.05) is 42.5 Å². The number of aromatic nitrogens is 1. The minimum Gasteiger partial charge on any atom is -0.423 e. The number of hydrogen-bond acceptors (Lipinski definition) is 3. The third-order valence-electron chi connectivity index (χ3n) is 4.91. The fourth-order valence-corrected chi connectivity index (χ4v) is 4.78. The zero-order valence-electron chi connectivity index (χ0n) is 15.1. The predicted molar refractivity (Wildman–Crippen MR) is 110 cm³/mol. The van der Waals surface area contributed by atoms with Gasteiger partial charge in [-0.2, -0.15) is 13.2 Å². The molecule has 3 nitrogen and oxygen atoms in total. The molecule has 29 heavy (non-hydrogen) atoms. The smallest absolute Gasteiger partial charge is 0.423 e. The van der Waals surface area contributed by atoms with Crippen molar-refractivity contribution >= 4 is 34.8 Å². The van der Waals surface area contributed by atoms with E-state index >= 15 is 0 Å². The second-order valence-corrected chi connectivity index (χ2v) is 7.76. The summed E-state index contributed by atoms with van der Waals surface area (Å²) in [7, 11) is -1.84. The van der Waals surface area contributed by atoms with Crippen LogP contribution >= 0.6 is 11.3 Å². The molecule has 8 heteroatoms. The molecule has 0 saturated carbocycles. The average molecular weight is 415 g/mol. The first kappa shape index (κ1) is 19.8. The lowest BCUT2D eigenvalue weighted by Gasteiger charge is -2.21. The lowest BCUT2D eigenvalue weighted by molar-refractivity contribution is -0.136. The molecule has 1 unspecified atom stereocenters. The first-order chi connectivity index (χ1) is 13.8. The zero-order valence-corrected chi connectivity index (χ0v) is 16.0. The van der Waals surface area contributed by atoms with Gasteiger partial charge in [-0.25, -0.2) is 0 Å². The monoisotopic (exact) mass is 415 g/mol. The average Bonchev–Trinajstić information content (AvgIpc) is 3.31. The van der Waals surface area contributed by atoms with Crippen LogP contribution < -0.4 is 5.46 Å². The van der Waals surface area contributed by atoms with Gasteiger partial charge < -0.3 is 15.0 Å². The number of thiophene rings is 1. The molecule has 2 heterocycles. The summed E-state index contributed by atoms with van der Waals surface area (Å²) in [6, 6.07) is 17.9. The molecule has 0 spiro atoms. The van der Waals surface area contributed by atoms with E-state index in [2.05, 4.69) is 4.98 Å². The number of halogens is 3. The standard InChI is InChI=1S/C21H17BF3NO2S/c23-21(24,25)12-15(20-16(22(27)28)10-11-29-20)18-14-8-4-5-9-17(14)26-19(18)13-6-2-1-3-7-13/h1-11,15,26-28H,12H2. The van der Waals surface area contributed by atoms with Crippen molar-refractivity contribution in [1.29, 1.82) is 0 Å². The fraction of sp³-hybridized carbons (Fsp3) is 0.143. The van der Waals surface area contributed by atoms with Gasteiger partial charge in [-0.15, -0.1) is 11.3 Å². The molecule has 148 valence electrons. The molecule has 4 rings (SSSR count). The Balaban J connectivity index is 2.00. The van der Waals surface area contributed by atoms with Crippen molar-refractivity contribution in [2.45, 2.75) is 18.5 Å². The summed E-state index contributed by atoms with van der Waals surface area (Å²) in [4.78, 5) is 3.57. The zero-order chi connectivity index (χ0) is 20.6. The van der Waals surface area contributed by atoms with E-state index in [-0.39, 0.29) is 5.46 Å². The van der Waals surface area contributed by atoms with Crippen molar-refractivity contribution in [2.24, 2.45) is 0 Å². The van der Waals surface area contributed by atoms with E-state index in [0.717, 1.165) is 22.4 Å². The van der Waals surface area contributed by atoms with E-state index < -0.39 is 25.6 Å². The van der Waals surface area contributed by atoms with E-state index in [1.165, 1.54) is 6.07 Å². The van der Waals surface area contributed by atoms with Crippen LogP contribution in [0.1, 0.15) is 22.8 Å². The topological polar surface area (TPSA) is 56.2 Å². The van der Waals surface area contributed by atoms with Crippen molar-refractivity contribution in [1.82, 2.24) is 4.98 Å². The Hall–Kier alpha value is -2.55. The summed E-state index contributed by atoms with van der Waals surface area (Å²) in [5.74, 6) is -1.07. The van der Waals surface area contributed by atoms with Crippen LogP contribution in [0, 0.1) is 0 Å². The van der Waals surface area contributed by atoms with Gasteiger partial charge in [0.05, 0.1) is 12.1 Å². The number of para-hydroxylation sites is 1. The number of H-pyrrole nitrogens is 1. The molecule has 4 aromatic rings. The minimum absolute atomic E-state index is 0.105. The van der Waals surface area contributed by atoms with E-state index in [0.29, 0.717) is 21.5 Å². The molecule has 0 amide bonds. The van der Waals surface area contributed by atoms with E-state index in [1.54, 1.807) is 17.5 Å². The summed E-state index contributed by atoms with van der Waals surface area (Å²) >= 11 is 1.10. The number of fused-ring (bicyclic) bond motifs is 1. The quantitative estimate of drug-likeness (QED) is 0.416.